The van der Waals surface area contributed by atoms with Gasteiger partial charge in [0.05, 0.1) is 12.3 Å². The summed E-state index contributed by atoms with van der Waals surface area (Å²) in [5.41, 5.74) is 4.83. The molecule has 1 aliphatic heterocycles. The number of aryl methyl sites for hydroxylation is 1. The smallest absolute Gasteiger partial charge is 0.282 e. The Morgan fingerprint density at radius 3 is 2.60 bits per heavy atom. The van der Waals surface area contributed by atoms with Crippen LogP contribution in [0.25, 0.3) is 6.08 Å². The van der Waals surface area contributed by atoms with E-state index in [1.54, 1.807) is 42.5 Å². The van der Waals surface area contributed by atoms with E-state index in [0.29, 0.717) is 11.4 Å². The normalized spacial score (nSPS) is 15.6. The van der Waals surface area contributed by atoms with Crippen molar-refractivity contribution >= 4 is 23.6 Å². The van der Waals surface area contributed by atoms with E-state index in [-0.39, 0.29) is 18.8 Å². The number of hydrogen-bond donors (Lipinski definition) is 2. The van der Waals surface area contributed by atoms with Gasteiger partial charge in [0.15, 0.2) is 0 Å². The zero-order chi connectivity index (χ0) is 17.8. The Morgan fingerprint density at radius 2 is 1.92 bits per heavy atom. The van der Waals surface area contributed by atoms with Crippen LogP contribution in [0.3, 0.4) is 0 Å². The third-order valence-corrected chi connectivity index (χ3v) is 3.76. The second-order valence-electron chi connectivity index (χ2n) is 5.57. The number of aliphatic hydroxyl groups is 1. The van der Waals surface area contributed by atoms with E-state index < -0.39 is 11.8 Å². The van der Waals surface area contributed by atoms with Crippen LogP contribution in [-0.2, 0) is 9.59 Å². The van der Waals surface area contributed by atoms with Crippen molar-refractivity contribution < 1.29 is 19.4 Å². The first-order chi connectivity index (χ1) is 12.1. The van der Waals surface area contributed by atoms with Gasteiger partial charge in [-0.3, -0.25) is 15.0 Å². The number of aliphatic hydroxyl groups excluding tert-OH is 1. The van der Waals surface area contributed by atoms with Crippen molar-refractivity contribution in [2.75, 3.05) is 18.2 Å². The Labute approximate surface area is 145 Å². The number of benzene rings is 2. The average molecular weight is 338 g/mol. The molecule has 2 N–H and O–H groups in total. The van der Waals surface area contributed by atoms with Gasteiger partial charge in [0.25, 0.3) is 11.8 Å². The molecule has 3 rings (SSSR count). The van der Waals surface area contributed by atoms with Crippen LogP contribution in [0.4, 0.5) is 5.69 Å². The number of carbonyl (C=O) groups excluding carboxylic acids is 2. The summed E-state index contributed by atoms with van der Waals surface area (Å²) in [6, 6.07) is 14.3. The van der Waals surface area contributed by atoms with E-state index in [4.69, 9.17) is 9.84 Å². The van der Waals surface area contributed by atoms with Crippen molar-refractivity contribution in [3.63, 3.8) is 0 Å². The highest BCUT2D eigenvalue weighted by molar-refractivity contribution is 6.31. The maximum absolute atomic E-state index is 12.5. The molecule has 0 spiro atoms. The molecule has 1 fully saturated rings. The summed E-state index contributed by atoms with van der Waals surface area (Å²) >= 11 is 0. The minimum absolute atomic E-state index is 0.0603. The predicted molar refractivity (Wildman–Crippen MR) is 93.8 cm³/mol. The lowest BCUT2D eigenvalue weighted by Crippen LogP contribution is -2.35. The molecule has 2 amide bonds. The lowest BCUT2D eigenvalue weighted by molar-refractivity contribution is -0.117. The maximum Gasteiger partial charge on any atom is 0.282 e. The van der Waals surface area contributed by atoms with Crippen molar-refractivity contribution in [2.24, 2.45) is 0 Å². The second kappa shape index (κ2) is 7.19. The molecule has 0 aromatic heterocycles. The van der Waals surface area contributed by atoms with E-state index >= 15 is 0 Å². The number of anilines is 1. The van der Waals surface area contributed by atoms with E-state index in [9.17, 15) is 9.59 Å². The summed E-state index contributed by atoms with van der Waals surface area (Å²) in [6.45, 7) is 2.02. The van der Waals surface area contributed by atoms with Crippen LogP contribution in [0.1, 0.15) is 11.1 Å². The number of rotatable bonds is 5. The van der Waals surface area contributed by atoms with Gasteiger partial charge in [-0.15, -0.1) is 0 Å². The summed E-state index contributed by atoms with van der Waals surface area (Å²) in [4.78, 5) is 24.7. The SMILES string of the molecule is Cc1cc(C=C2C(=O)NN(c3ccccc3)C2=O)ccc1OCCO. The topological polar surface area (TPSA) is 78.9 Å². The highest BCUT2D eigenvalue weighted by Gasteiger charge is 2.34. The quantitative estimate of drug-likeness (QED) is 0.644. The highest BCUT2D eigenvalue weighted by atomic mass is 16.5. The molecule has 0 saturated carbocycles. The number of para-hydroxylation sites is 1. The van der Waals surface area contributed by atoms with Crippen molar-refractivity contribution in [3.8, 4) is 5.75 Å². The number of carbonyl (C=O) groups is 2. The Kier molecular flexibility index (Phi) is 4.81. The Morgan fingerprint density at radius 1 is 1.16 bits per heavy atom. The third kappa shape index (κ3) is 3.54. The summed E-state index contributed by atoms with van der Waals surface area (Å²) in [5.74, 6) is -0.175. The van der Waals surface area contributed by atoms with Crippen molar-refractivity contribution in [1.29, 1.82) is 0 Å². The fraction of sp³-hybridized carbons (Fsp3) is 0.158. The molecule has 6 nitrogen and oxygen atoms in total. The van der Waals surface area contributed by atoms with E-state index in [1.165, 1.54) is 5.01 Å². The van der Waals surface area contributed by atoms with E-state index in [0.717, 1.165) is 11.1 Å². The first kappa shape index (κ1) is 16.7. The standard InChI is InChI=1S/C19H18N2O4/c1-13-11-14(7-8-17(13)25-10-9-22)12-16-18(23)20-21(19(16)24)15-5-3-2-4-6-15/h2-8,11-12,22H,9-10H2,1H3,(H,20,23). The van der Waals surface area contributed by atoms with Gasteiger partial charge in [0, 0.05) is 0 Å². The molecule has 25 heavy (non-hydrogen) atoms. The molecule has 128 valence electrons. The lowest BCUT2D eigenvalue weighted by Gasteiger charge is -2.13. The van der Waals surface area contributed by atoms with Crippen LogP contribution in [0.5, 0.6) is 5.75 Å². The van der Waals surface area contributed by atoms with Gasteiger partial charge in [-0.2, -0.15) is 0 Å². The Hall–Kier alpha value is -3.12. The van der Waals surface area contributed by atoms with Gasteiger partial charge in [-0.1, -0.05) is 24.3 Å². The summed E-state index contributed by atoms with van der Waals surface area (Å²) in [6.07, 6.45) is 1.56. The van der Waals surface area contributed by atoms with E-state index in [2.05, 4.69) is 5.43 Å². The van der Waals surface area contributed by atoms with Crippen molar-refractivity contribution in [3.05, 3.63) is 65.2 Å². The number of amides is 2. The van der Waals surface area contributed by atoms with E-state index in [1.807, 2.05) is 19.1 Å². The molecule has 1 heterocycles. The van der Waals surface area contributed by atoms with Crippen LogP contribution in [0.2, 0.25) is 0 Å². The number of ether oxygens (including phenoxy) is 1. The molecule has 0 bridgehead atoms. The molecule has 0 unspecified atom stereocenters. The monoisotopic (exact) mass is 338 g/mol. The number of nitrogens with zero attached hydrogens (tertiary/aromatic N) is 1. The molecule has 2 aromatic carbocycles. The van der Waals surface area contributed by atoms with Crippen LogP contribution in [0.15, 0.2) is 54.1 Å². The molecule has 2 aromatic rings. The molecule has 0 atom stereocenters. The minimum atomic E-state index is -0.438. The maximum atomic E-state index is 12.5. The van der Waals surface area contributed by atoms with Gasteiger partial charge in [0.1, 0.15) is 17.9 Å². The zero-order valence-electron chi connectivity index (χ0n) is 13.7. The largest absolute Gasteiger partial charge is 0.491 e. The highest BCUT2D eigenvalue weighted by Crippen LogP contribution is 2.24. The lowest BCUT2D eigenvalue weighted by atomic mass is 10.1. The van der Waals surface area contributed by atoms with Crippen molar-refractivity contribution in [1.82, 2.24) is 5.43 Å². The van der Waals surface area contributed by atoms with Crippen LogP contribution in [-0.4, -0.2) is 30.1 Å². The Bertz CT molecular complexity index is 831. The second-order valence-corrected chi connectivity index (χ2v) is 5.57. The molecular formula is C19H18N2O4. The molecule has 1 saturated heterocycles. The number of nitrogens with one attached hydrogen (secondary N) is 1. The van der Waals surface area contributed by atoms with Crippen molar-refractivity contribution in [2.45, 2.75) is 6.92 Å². The Balaban J connectivity index is 1.85. The first-order valence-corrected chi connectivity index (χ1v) is 7.86. The fourth-order valence-electron chi connectivity index (χ4n) is 2.56. The molecule has 6 heteroatoms. The molecule has 0 aliphatic carbocycles. The van der Waals surface area contributed by atoms with Gasteiger partial charge in [0.2, 0.25) is 0 Å². The predicted octanol–water partition coefficient (Wildman–Crippen LogP) is 1.83. The summed E-state index contributed by atoms with van der Waals surface area (Å²) < 4.78 is 5.40. The molecule has 1 aliphatic rings. The number of hydrogen-bond acceptors (Lipinski definition) is 4. The zero-order valence-corrected chi connectivity index (χ0v) is 13.7. The van der Waals surface area contributed by atoms with Gasteiger partial charge in [-0.25, -0.2) is 5.01 Å². The summed E-state index contributed by atoms with van der Waals surface area (Å²) in [7, 11) is 0. The van der Waals surface area contributed by atoms with Crippen LogP contribution >= 0.6 is 0 Å². The number of hydrazine groups is 1. The fourth-order valence-corrected chi connectivity index (χ4v) is 2.56. The first-order valence-electron chi connectivity index (χ1n) is 7.86. The summed E-state index contributed by atoms with van der Waals surface area (Å²) in [5, 5.41) is 10.1. The van der Waals surface area contributed by atoms with Crippen LogP contribution in [0, 0.1) is 6.92 Å². The average Bonchev–Trinajstić information content (AvgIpc) is 2.90. The molecular weight excluding hydrogens is 320 g/mol. The minimum Gasteiger partial charge on any atom is -0.491 e. The van der Waals surface area contributed by atoms with Crippen LogP contribution < -0.4 is 15.2 Å². The van der Waals surface area contributed by atoms with Gasteiger partial charge in [-0.05, 0) is 48.4 Å². The molecule has 0 radical (unpaired) electrons. The third-order valence-electron chi connectivity index (χ3n) is 3.76. The van der Waals surface area contributed by atoms with Gasteiger partial charge < -0.3 is 9.84 Å². The van der Waals surface area contributed by atoms with Gasteiger partial charge >= 0.3 is 0 Å².